The van der Waals surface area contributed by atoms with Crippen LogP contribution in [0.2, 0.25) is 10.0 Å². The number of carbonyl (C=O) groups is 2. The number of aromatic hydroxyl groups is 1. The Kier molecular flexibility index (Phi) is 7.41. The van der Waals surface area contributed by atoms with E-state index >= 15 is 0 Å². The molecule has 0 bridgehead atoms. The number of hydrogen-bond donors (Lipinski definition) is 4. The first-order valence-corrected chi connectivity index (χ1v) is 11.7. The molecule has 0 radical (unpaired) electrons. The molecule has 3 aromatic carbocycles. The lowest BCUT2D eigenvalue weighted by Crippen LogP contribution is -2.51. The number of phenols is 1. The zero-order valence-electron chi connectivity index (χ0n) is 18.3. The van der Waals surface area contributed by atoms with Gasteiger partial charge in [-0.1, -0.05) is 77.8 Å². The van der Waals surface area contributed by atoms with Gasteiger partial charge in [-0.05, 0) is 47.6 Å². The largest absolute Gasteiger partial charge is 0.508 e. The van der Waals surface area contributed by atoms with Gasteiger partial charge in [0.2, 0.25) is 11.8 Å². The fraction of sp³-hybridized carbons (Fsp3) is 0.231. The highest BCUT2D eigenvalue weighted by Gasteiger charge is 2.35. The minimum atomic E-state index is -0.964. The molecule has 8 heteroatoms. The number of nitrogens with one attached hydrogen (secondary N) is 2. The first-order valence-electron chi connectivity index (χ1n) is 10.9. The highest BCUT2D eigenvalue weighted by molar-refractivity contribution is 6.35. The van der Waals surface area contributed by atoms with Crippen LogP contribution in [-0.4, -0.2) is 23.0 Å². The fourth-order valence-corrected chi connectivity index (χ4v) is 5.02. The summed E-state index contributed by atoms with van der Waals surface area (Å²) in [6.45, 7) is 0.138. The first kappa shape index (κ1) is 24.1. The molecule has 0 saturated carbocycles. The van der Waals surface area contributed by atoms with Gasteiger partial charge in [-0.2, -0.15) is 0 Å². The van der Waals surface area contributed by atoms with Crippen LogP contribution in [0.25, 0.3) is 0 Å². The van der Waals surface area contributed by atoms with Gasteiger partial charge in [0.05, 0.1) is 11.1 Å². The lowest BCUT2D eigenvalue weighted by atomic mass is 9.94. The maximum absolute atomic E-state index is 13.5. The van der Waals surface area contributed by atoms with Gasteiger partial charge in [0, 0.05) is 17.1 Å². The molecule has 0 aromatic heterocycles. The van der Waals surface area contributed by atoms with Crippen molar-refractivity contribution in [3.05, 3.63) is 99.0 Å². The highest BCUT2D eigenvalue weighted by Crippen LogP contribution is 2.32. The minimum absolute atomic E-state index is 0.0573. The number of halogens is 2. The van der Waals surface area contributed by atoms with E-state index in [-0.39, 0.29) is 24.1 Å². The second kappa shape index (κ2) is 10.5. The summed E-state index contributed by atoms with van der Waals surface area (Å²) in [5, 5.41) is 17.0. The standard InChI is InChI=1S/C26H25Cl2N3O3/c27-19-12-21(28)20(22(32)13-19)14-30-24(18-10-16-8-4-5-9-17(16)11-18)26(34)31-23(25(29)33)15-6-2-1-3-7-15/h1-9,12-13,18,23-24,30,32H,10-11,14H2,(H2,29,33)(H,31,34). The van der Waals surface area contributed by atoms with E-state index in [4.69, 9.17) is 28.9 Å². The van der Waals surface area contributed by atoms with Crippen LogP contribution in [-0.2, 0) is 29.0 Å². The number of fused-ring (bicyclic) bond motifs is 1. The summed E-state index contributed by atoms with van der Waals surface area (Å²) in [4.78, 5) is 25.7. The van der Waals surface area contributed by atoms with Crippen LogP contribution in [0.3, 0.4) is 0 Å². The first-order chi connectivity index (χ1) is 16.3. The Balaban J connectivity index is 1.58. The monoisotopic (exact) mass is 497 g/mol. The number of nitrogens with two attached hydrogens (primary N) is 1. The molecule has 0 saturated heterocycles. The molecule has 34 heavy (non-hydrogen) atoms. The van der Waals surface area contributed by atoms with Crippen LogP contribution in [0.5, 0.6) is 5.75 Å². The van der Waals surface area contributed by atoms with Crippen molar-refractivity contribution >= 4 is 35.0 Å². The molecule has 5 N–H and O–H groups in total. The quantitative estimate of drug-likeness (QED) is 0.378. The lowest BCUT2D eigenvalue weighted by molar-refractivity contribution is -0.129. The van der Waals surface area contributed by atoms with Gasteiger partial charge in [-0.25, -0.2) is 0 Å². The van der Waals surface area contributed by atoms with Crippen LogP contribution in [0, 0.1) is 5.92 Å². The van der Waals surface area contributed by atoms with E-state index in [0.717, 1.165) is 0 Å². The zero-order chi connectivity index (χ0) is 24.2. The van der Waals surface area contributed by atoms with Crippen LogP contribution in [0.1, 0.15) is 28.3 Å². The van der Waals surface area contributed by atoms with Crippen LogP contribution in [0.15, 0.2) is 66.7 Å². The van der Waals surface area contributed by atoms with Crippen LogP contribution < -0.4 is 16.4 Å². The fourth-order valence-electron chi connectivity index (χ4n) is 4.48. The Labute approximate surface area is 208 Å². The van der Waals surface area contributed by atoms with Crippen molar-refractivity contribution < 1.29 is 14.7 Å². The van der Waals surface area contributed by atoms with Crippen molar-refractivity contribution in [2.75, 3.05) is 0 Å². The predicted molar refractivity (Wildman–Crippen MR) is 133 cm³/mol. The summed E-state index contributed by atoms with van der Waals surface area (Å²) in [5.41, 5.74) is 9.04. The SMILES string of the molecule is NC(=O)C(NC(=O)C(NCc1c(O)cc(Cl)cc1Cl)C1Cc2ccccc2C1)c1ccccc1. The third-order valence-electron chi connectivity index (χ3n) is 6.18. The van der Waals surface area contributed by atoms with Gasteiger partial charge in [-0.3, -0.25) is 9.59 Å². The van der Waals surface area contributed by atoms with Gasteiger partial charge in [0.15, 0.2) is 0 Å². The van der Waals surface area contributed by atoms with Gasteiger partial charge in [0.1, 0.15) is 11.8 Å². The Morgan fingerprint density at radius 1 is 1.00 bits per heavy atom. The maximum Gasteiger partial charge on any atom is 0.244 e. The molecule has 176 valence electrons. The average Bonchev–Trinajstić information content (AvgIpc) is 3.23. The summed E-state index contributed by atoms with van der Waals surface area (Å²) in [6.07, 6.45) is 1.41. The topological polar surface area (TPSA) is 104 Å². The number of amides is 2. The van der Waals surface area contributed by atoms with Crippen molar-refractivity contribution in [3.63, 3.8) is 0 Å². The smallest absolute Gasteiger partial charge is 0.244 e. The number of carbonyl (C=O) groups excluding carboxylic acids is 2. The third-order valence-corrected chi connectivity index (χ3v) is 6.73. The Morgan fingerprint density at radius 2 is 1.62 bits per heavy atom. The van der Waals surface area contributed by atoms with Gasteiger partial charge in [-0.15, -0.1) is 0 Å². The van der Waals surface area contributed by atoms with E-state index in [9.17, 15) is 14.7 Å². The van der Waals surface area contributed by atoms with E-state index in [1.165, 1.54) is 17.2 Å². The molecule has 0 fully saturated rings. The second-order valence-corrected chi connectivity index (χ2v) is 9.28. The van der Waals surface area contributed by atoms with Gasteiger partial charge < -0.3 is 21.5 Å². The normalized spacial score (nSPS) is 14.9. The summed E-state index contributed by atoms with van der Waals surface area (Å²) in [6, 6.07) is 18.3. The van der Waals surface area contributed by atoms with E-state index in [0.29, 0.717) is 34.0 Å². The molecule has 0 heterocycles. The van der Waals surface area contributed by atoms with Crippen molar-refractivity contribution in [1.82, 2.24) is 10.6 Å². The summed E-state index contributed by atoms with van der Waals surface area (Å²) in [7, 11) is 0. The third kappa shape index (κ3) is 5.36. The number of rotatable bonds is 8. The zero-order valence-corrected chi connectivity index (χ0v) is 19.8. The molecule has 2 amide bonds. The summed E-state index contributed by atoms with van der Waals surface area (Å²) >= 11 is 12.3. The molecule has 0 spiro atoms. The average molecular weight is 498 g/mol. The molecule has 2 unspecified atom stereocenters. The van der Waals surface area contributed by atoms with E-state index in [1.54, 1.807) is 30.3 Å². The highest BCUT2D eigenvalue weighted by atomic mass is 35.5. The van der Waals surface area contributed by atoms with Crippen LogP contribution >= 0.6 is 23.2 Å². The van der Waals surface area contributed by atoms with Gasteiger partial charge >= 0.3 is 0 Å². The Hall–Kier alpha value is -3.06. The van der Waals surface area contributed by atoms with E-state index < -0.39 is 18.0 Å². The lowest BCUT2D eigenvalue weighted by Gasteiger charge is -2.27. The molecule has 2 atom stereocenters. The van der Waals surface area contributed by atoms with Crippen molar-refractivity contribution in [3.8, 4) is 5.75 Å². The Bertz CT molecular complexity index is 1150. The number of primary amides is 1. The molecular formula is C26H25Cl2N3O3. The number of hydrogen-bond acceptors (Lipinski definition) is 4. The van der Waals surface area contributed by atoms with E-state index in [2.05, 4.69) is 22.8 Å². The molecule has 3 aromatic rings. The van der Waals surface area contributed by atoms with Crippen molar-refractivity contribution in [2.45, 2.75) is 31.5 Å². The minimum Gasteiger partial charge on any atom is -0.508 e. The molecule has 0 aliphatic heterocycles. The summed E-state index contributed by atoms with van der Waals surface area (Å²) < 4.78 is 0. The molecule has 6 nitrogen and oxygen atoms in total. The van der Waals surface area contributed by atoms with Crippen molar-refractivity contribution in [1.29, 1.82) is 0 Å². The predicted octanol–water partition coefficient (Wildman–Crippen LogP) is 3.92. The molecular weight excluding hydrogens is 473 g/mol. The number of phenolic OH excluding ortho intramolecular Hbond substituents is 1. The summed E-state index contributed by atoms with van der Waals surface area (Å²) in [5.74, 6) is -1.12. The molecule has 4 rings (SSSR count). The molecule has 1 aliphatic rings. The Morgan fingerprint density at radius 3 is 2.21 bits per heavy atom. The second-order valence-electron chi connectivity index (χ2n) is 8.44. The van der Waals surface area contributed by atoms with E-state index in [1.807, 2.05) is 18.2 Å². The van der Waals surface area contributed by atoms with Crippen LogP contribution in [0.4, 0.5) is 0 Å². The van der Waals surface area contributed by atoms with Crippen molar-refractivity contribution in [2.24, 2.45) is 11.7 Å². The maximum atomic E-state index is 13.5. The van der Waals surface area contributed by atoms with Gasteiger partial charge in [0.25, 0.3) is 0 Å². The number of benzene rings is 3. The molecule has 1 aliphatic carbocycles.